The van der Waals surface area contributed by atoms with Crippen LogP contribution in [0.2, 0.25) is 10.0 Å². The van der Waals surface area contributed by atoms with E-state index in [2.05, 4.69) is 9.97 Å². The fraction of sp³-hybridized carbons (Fsp3) is 0.485. The normalized spacial score (nSPS) is 18.2. The molecule has 238 valence electrons. The summed E-state index contributed by atoms with van der Waals surface area (Å²) in [5.41, 5.74) is -1.34. The van der Waals surface area contributed by atoms with Gasteiger partial charge in [0.25, 0.3) is 0 Å². The van der Waals surface area contributed by atoms with Crippen molar-refractivity contribution in [1.82, 2.24) is 14.9 Å². The quantitative estimate of drug-likeness (QED) is 0.166. The largest absolute Gasteiger partial charge is 0.396 e. The second kappa shape index (κ2) is 15.2. The molecule has 44 heavy (non-hydrogen) atoms. The number of aldehydes is 1. The highest BCUT2D eigenvalue weighted by Crippen LogP contribution is 2.49. The van der Waals surface area contributed by atoms with Gasteiger partial charge in [-0.3, -0.25) is 9.69 Å². The van der Waals surface area contributed by atoms with Gasteiger partial charge < -0.3 is 20.1 Å². The molecule has 2 saturated carbocycles. The van der Waals surface area contributed by atoms with E-state index in [1.54, 1.807) is 36.2 Å². The lowest BCUT2D eigenvalue weighted by molar-refractivity contribution is -0.147. The molecule has 2 aliphatic rings. The molecule has 1 unspecified atom stereocenters. The van der Waals surface area contributed by atoms with Gasteiger partial charge in [-0.25, -0.2) is 14.4 Å². The van der Waals surface area contributed by atoms with Crippen molar-refractivity contribution in [2.75, 3.05) is 20.3 Å². The predicted molar refractivity (Wildman–Crippen MR) is 167 cm³/mol. The van der Waals surface area contributed by atoms with Crippen LogP contribution in [0.3, 0.4) is 0 Å². The summed E-state index contributed by atoms with van der Waals surface area (Å²) in [4.78, 5) is 22.6. The minimum Gasteiger partial charge on any atom is -0.396 e. The Morgan fingerprint density at radius 1 is 1.11 bits per heavy atom. The van der Waals surface area contributed by atoms with E-state index in [-0.39, 0.29) is 42.6 Å². The zero-order chi connectivity index (χ0) is 31.9. The molecule has 2 aromatic carbocycles. The summed E-state index contributed by atoms with van der Waals surface area (Å²) < 4.78 is 22.7. The van der Waals surface area contributed by atoms with Crippen molar-refractivity contribution in [3.8, 4) is 0 Å². The molecule has 8 nitrogen and oxygen atoms in total. The van der Waals surface area contributed by atoms with Crippen LogP contribution < -0.4 is 0 Å². The number of aliphatic hydroxyl groups is 3. The van der Waals surface area contributed by atoms with Crippen LogP contribution in [0.25, 0.3) is 0 Å². The monoisotopic (exact) mass is 647 g/mol. The van der Waals surface area contributed by atoms with Gasteiger partial charge in [0, 0.05) is 39.5 Å². The smallest absolute Gasteiger partial charge is 0.177 e. The number of carbonyl (C=O) groups excluding carboxylic acids is 1. The first kappa shape index (κ1) is 34.4. The van der Waals surface area contributed by atoms with Gasteiger partial charge in [0.2, 0.25) is 0 Å². The van der Waals surface area contributed by atoms with Crippen LogP contribution in [-0.4, -0.2) is 62.8 Å². The van der Waals surface area contributed by atoms with E-state index in [0.29, 0.717) is 27.7 Å². The molecule has 3 aromatic rings. The number of nitrogens with zero attached hydrogens (tertiary/aromatic N) is 3. The lowest BCUT2D eigenvalue weighted by atomic mass is 9.87. The summed E-state index contributed by atoms with van der Waals surface area (Å²) in [6.07, 6.45) is 9.92. The number of aromatic nitrogens is 2. The van der Waals surface area contributed by atoms with Crippen LogP contribution in [0.4, 0.5) is 4.39 Å². The van der Waals surface area contributed by atoms with Gasteiger partial charge in [-0.15, -0.1) is 0 Å². The number of hydrogen-bond acceptors (Lipinski definition) is 8. The number of halogens is 3. The average molecular weight is 649 g/mol. The molecule has 0 aliphatic heterocycles. The minimum absolute atomic E-state index is 0.0172. The molecule has 2 fully saturated rings. The number of rotatable bonds is 11. The molecule has 3 N–H and O–H groups in total. The molecule has 2 atom stereocenters. The second-order valence-electron chi connectivity index (χ2n) is 11.8. The van der Waals surface area contributed by atoms with Crippen molar-refractivity contribution in [2.24, 2.45) is 5.41 Å². The van der Waals surface area contributed by atoms with E-state index >= 15 is 4.39 Å². The van der Waals surface area contributed by atoms with E-state index in [1.807, 2.05) is 0 Å². The van der Waals surface area contributed by atoms with Crippen molar-refractivity contribution >= 4 is 29.5 Å². The fourth-order valence-electron chi connectivity index (χ4n) is 5.45. The molecule has 11 heteroatoms. The molecule has 5 rings (SSSR count). The lowest BCUT2D eigenvalue weighted by Crippen LogP contribution is -2.49. The summed E-state index contributed by atoms with van der Waals surface area (Å²) in [6.45, 7) is 1.61. The first-order valence-electron chi connectivity index (χ1n) is 14.9. The maximum Gasteiger partial charge on any atom is 0.177 e. The molecule has 1 aromatic heterocycles. The Balaban J connectivity index is 0.000000555. The van der Waals surface area contributed by atoms with Crippen LogP contribution in [0.5, 0.6) is 0 Å². The Kier molecular flexibility index (Phi) is 11.9. The Labute approximate surface area is 267 Å². The van der Waals surface area contributed by atoms with Gasteiger partial charge in [0.1, 0.15) is 11.6 Å². The van der Waals surface area contributed by atoms with Gasteiger partial charge >= 0.3 is 0 Å². The first-order chi connectivity index (χ1) is 21.0. The number of benzene rings is 2. The van der Waals surface area contributed by atoms with Gasteiger partial charge in [0.05, 0.1) is 37.0 Å². The van der Waals surface area contributed by atoms with Gasteiger partial charge in [-0.05, 0) is 69.5 Å². The van der Waals surface area contributed by atoms with Crippen LogP contribution in [0.1, 0.15) is 90.8 Å². The second-order valence-corrected chi connectivity index (χ2v) is 12.7. The predicted octanol–water partition coefficient (Wildman–Crippen LogP) is 6.22. The third-order valence-corrected chi connectivity index (χ3v) is 8.82. The highest BCUT2D eigenvalue weighted by molar-refractivity contribution is 6.30. The van der Waals surface area contributed by atoms with Crippen molar-refractivity contribution in [3.63, 3.8) is 0 Å². The molecule has 0 amide bonds. The summed E-state index contributed by atoms with van der Waals surface area (Å²) >= 11 is 12.1. The van der Waals surface area contributed by atoms with Crippen LogP contribution in [0.15, 0.2) is 48.8 Å². The number of aliphatic hydroxyl groups excluding tert-OH is 3. The molecule has 0 spiro atoms. The van der Waals surface area contributed by atoms with Crippen molar-refractivity contribution in [1.29, 1.82) is 0 Å². The highest BCUT2D eigenvalue weighted by atomic mass is 35.5. The topological polar surface area (TPSA) is 116 Å². The maximum atomic E-state index is 16.1. The summed E-state index contributed by atoms with van der Waals surface area (Å²) in [6, 6.07) is 9.38. The van der Waals surface area contributed by atoms with Crippen LogP contribution >= 0.6 is 23.2 Å². The zero-order valence-electron chi connectivity index (χ0n) is 25.1. The first-order valence-corrected chi connectivity index (χ1v) is 15.6. The molecule has 0 radical (unpaired) electrons. The fourth-order valence-corrected chi connectivity index (χ4v) is 5.67. The third-order valence-electron chi connectivity index (χ3n) is 8.37. The molecule has 0 saturated heterocycles. The summed E-state index contributed by atoms with van der Waals surface area (Å²) in [5.74, 6) is -0.334. The third kappa shape index (κ3) is 8.20. The van der Waals surface area contributed by atoms with Gasteiger partial charge in [-0.2, -0.15) is 0 Å². The summed E-state index contributed by atoms with van der Waals surface area (Å²) in [5, 5.41) is 29.8. The lowest BCUT2D eigenvalue weighted by Gasteiger charge is -2.44. The molecule has 1 heterocycles. The standard InChI is InChI=1S/C27H28Cl2FN3O4.C6H12O/c1-17(36)18-9-19(14-34)25(23(30)10-18)27(20-3-5-21(28)6-4-20,37-16-26(15-35)7-8-26)33(2)13-24-31-11-22(29)12-32-24;7-6-4-2-1-3-5-6/h3-6,9-12,14,17,35-36H,7-8,13,15-16H2,1-2H3;6-7H,1-5H2/t17?,27-;/m1./s1. The van der Waals surface area contributed by atoms with E-state index in [9.17, 15) is 15.0 Å². The molecule has 0 bridgehead atoms. The van der Waals surface area contributed by atoms with Crippen LogP contribution in [0, 0.1) is 11.2 Å². The number of hydrogen-bond donors (Lipinski definition) is 3. The van der Waals surface area contributed by atoms with Crippen molar-refractivity contribution in [3.05, 3.63) is 92.7 Å². The van der Waals surface area contributed by atoms with Gasteiger partial charge in [0.15, 0.2) is 12.0 Å². The van der Waals surface area contributed by atoms with E-state index in [4.69, 9.17) is 33.0 Å². The molecular weight excluding hydrogens is 608 g/mol. The van der Waals surface area contributed by atoms with E-state index < -0.39 is 23.1 Å². The Morgan fingerprint density at radius 3 is 2.25 bits per heavy atom. The van der Waals surface area contributed by atoms with Crippen molar-refractivity contribution < 1.29 is 29.2 Å². The Bertz CT molecular complexity index is 1380. The molecular formula is C33H40Cl2FN3O5. The number of carbonyl (C=O) groups is 1. The minimum atomic E-state index is -1.64. The number of ether oxygens (including phenoxy) is 1. The Morgan fingerprint density at radius 2 is 1.75 bits per heavy atom. The zero-order valence-corrected chi connectivity index (χ0v) is 26.6. The SMILES string of the molecule is CC(O)c1cc(F)c([C@](OCC2(CO)CC2)(c2ccc(Cl)cc2)N(C)Cc2ncc(Cl)cn2)c(C=O)c1.OC1CCCCC1. The van der Waals surface area contributed by atoms with Crippen molar-refractivity contribution in [2.45, 2.75) is 76.3 Å². The van der Waals surface area contributed by atoms with Crippen LogP contribution in [-0.2, 0) is 17.0 Å². The van der Waals surface area contributed by atoms with Gasteiger partial charge in [-0.1, -0.05) is 54.6 Å². The van der Waals surface area contributed by atoms with E-state index in [0.717, 1.165) is 25.7 Å². The molecule has 2 aliphatic carbocycles. The Hall–Kier alpha value is -2.50. The average Bonchev–Trinajstić information content (AvgIpc) is 3.80. The highest BCUT2D eigenvalue weighted by Gasteiger charge is 2.49. The van der Waals surface area contributed by atoms with E-state index in [1.165, 1.54) is 50.7 Å². The summed E-state index contributed by atoms with van der Waals surface area (Å²) in [7, 11) is 1.71. The maximum absolute atomic E-state index is 16.1.